The topological polar surface area (TPSA) is 140 Å². The summed E-state index contributed by atoms with van der Waals surface area (Å²) in [5, 5.41) is 9.06. The van der Waals surface area contributed by atoms with Gasteiger partial charge in [-0.15, -0.1) is 11.3 Å². The molecule has 12 nitrogen and oxygen atoms in total. The van der Waals surface area contributed by atoms with Crippen molar-refractivity contribution in [3.05, 3.63) is 41.0 Å². The number of nitrogens with zero attached hydrogens (tertiary/aromatic N) is 2. The number of thiazole rings is 1. The highest BCUT2D eigenvalue weighted by Gasteiger charge is 2.40. The lowest BCUT2D eigenvalue weighted by Gasteiger charge is -2.35. The molecule has 3 rings (SSSR count). The molecule has 0 saturated carbocycles. The van der Waals surface area contributed by atoms with Gasteiger partial charge in [0.15, 0.2) is 0 Å². The van der Waals surface area contributed by atoms with E-state index in [0.717, 1.165) is 28.1 Å². The number of rotatable bonds is 18. The number of hydrogen-bond acceptors (Lipinski definition) is 10. The molecule has 0 spiro atoms. The van der Waals surface area contributed by atoms with Gasteiger partial charge in [0.25, 0.3) is 0 Å². The number of alkyl carbamates (subject to hydrolysis) is 1. The third kappa shape index (κ3) is 13.4. The first-order chi connectivity index (χ1) is 22.8. The average molecular weight is 690 g/mol. The Morgan fingerprint density at radius 1 is 0.917 bits per heavy atom. The third-order valence-electron chi connectivity index (χ3n) is 7.63. The first-order valence-electron chi connectivity index (χ1n) is 16.8. The third-order valence-corrected chi connectivity index (χ3v) is 8.61. The molecule has 1 fully saturated rings. The Bertz CT molecular complexity index is 1290. The lowest BCUT2D eigenvalue weighted by molar-refractivity contribution is -0.142. The molecule has 3 amide bonds. The van der Waals surface area contributed by atoms with E-state index < -0.39 is 23.8 Å². The van der Waals surface area contributed by atoms with E-state index in [1.54, 1.807) is 16.2 Å². The molecule has 0 radical (unpaired) electrons. The molecular weight excluding hydrogens is 634 g/mol. The van der Waals surface area contributed by atoms with Gasteiger partial charge in [0.1, 0.15) is 11.6 Å². The van der Waals surface area contributed by atoms with E-state index in [4.69, 9.17) is 18.9 Å². The molecular formula is C35H55N5O7S. The van der Waals surface area contributed by atoms with Gasteiger partial charge in [-0.3, -0.25) is 9.59 Å². The molecule has 1 unspecified atom stereocenters. The summed E-state index contributed by atoms with van der Waals surface area (Å²) in [6.07, 6.45) is 0.975. The fourth-order valence-corrected chi connectivity index (χ4v) is 6.06. The number of carbonyl (C=O) groups excluding carboxylic acids is 3. The van der Waals surface area contributed by atoms with Gasteiger partial charge in [-0.2, -0.15) is 0 Å². The number of benzene rings is 1. The molecule has 48 heavy (non-hydrogen) atoms. The summed E-state index contributed by atoms with van der Waals surface area (Å²) in [4.78, 5) is 45.8. The van der Waals surface area contributed by atoms with Crippen LogP contribution in [0.4, 0.5) is 4.79 Å². The number of amides is 3. The van der Waals surface area contributed by atoms with E-state index in [2.05, 4.69) is 33.1 Å². The standard InChI is InChI=1S/C35H55N5O7S/c1-25-29(48-24-39-25)27-12-10-26(11-13-27)23-38-31(41)28-9-8-16-40(28)32(42)30(34(2,3)4)36-14-17-44-19-21-46-22-20-45-18-15-37-33(43)47-35(5,6)7/h10-13,24,28,30,36H,8-9,14-23H2,1-7H3,(H,37,43)(H,38,41)/t28-,30?/m0/s1. The molecule has 1 aliphatic rings. The van der Waals surface area contributed by atoms with Crippen LogP contribution >= 0.6 is 11.3 Å². The van der Waals surface area contributed by atoms with E-state index in [0.29, 0.717) is 72.2 Å². The highest BCUT2D eigenvalue weighted by atomic mass is 32.1. The Morgan fingerprint density at radius 3 is 2.12 bits per heavy atom. The Balaban J connectivity index is 1.32. The molecule has 13 heteroatoms. The van der Waals surface area contributed by atoms with Crippen LogP contribution in [0, 0.1) is 12.3 Å². The molecule has 3 N–H and O–H groups in total. The van der Waals surface area contributed by atoms with Crippen molar-refractivity contribution in [2.45, 2.75) is 85.5 Å². The van der Waals surface area contributed by atoms with Gasteiger partial charge in [-0.25, -0.2) is 9.78 Å². The van der Waals surface area contributed by atoms with Crippen LogP contribution in [0.25, 0.3) is 10.4 Å². The lowest BCUT2D eigenvalue weighted by atomic mass is 9.85. The van der Waals surface area contributed by atoms with Crippen molar-refractivity contribution < 1.29 is 33.3 Å². The zero-order valence-corrected chi connectivity index (χ0v) is 30.5. The van der Waals surface area contributed by atoms with Crippen LogP contribution in [0.1, 0.15) is 65.6 Å². The number of carbonyl (C=O) groups is 3. The van der Waals surface area contributed by atoms with Gasteiger partial charge in [-0.1, -0.05) is 45.0 Å². The quantitative estimate of drug-likeness (QED) is 0.196. The van der Waals surface area contributed by atoms with Gasteiger partial charge in [-0.05, 0) is 57.1 Å². The van der Waals surface area contributed by atoms with Crippen LogP contribution in [-0.2, 0) is 35.1 Å². The molecule has 2 aromatic rings. The first kappa shape index (κ1) is 39.3. The van der Waals surface area contributed by atoms with Crippen molar-refractivity contribution in [1.82, 2.24) is 25.8 Å². The highest BCUT2D eigenvalue weighted by molar-refractivity contribution is 7.13. The van der Waals surface area contributed by atoms with E-state index >= 15 is 0 Å². The van der Waals surface area contributed by atoms with Gasteiger partial charge in [0.2, 0.25) is 11.8 Å². The summed E-state index contributed by atoms with van der Waals surface area (Å²) < 4.78 is 21.9. The number of likely N-dealkylation sites (tertiary alicyclic amines) is 1. The predicted octanol–water partition coefficient (Wildman–Crippen LogP) is 4.30. The minimum Gasteiger partial charge on any atom is -0.444 e. The molecule has 0 aliphatic carbocycles. The van der Waals surface area contributed by atoms with Crippen LogP contribution in [0.2, 0.25) is 0 Å². The average Bonchev–Trinajstić information content (AvgIpc) is 3.68. The highest BCUT2D eigenvalue weighted by Crippen LogP contribution is 2.28. The smallest absolute Gasteiger partial charge is 0.407 e. The monoisotopic (exact) mass is 689 g/mol. The van der Waals surface area contributed by atoms with Crippen molar-refractivity contribution in [2.75, 3.05) is 59.3 Å². The summed E-state index contributed by atoms with van der Waals surface area (Å²) in [6.45, 7) is 17.8. The molecule has 1 aromatic carbocycles. The van der Waals surface area contributed by atoms with E-state index in [-0.39, 0.29) is 17.2 Å². The number of aromatic nitrogens is 1. The molecule has 0 bridgehead atoms. The van der Waals surface area contributed by atoms with Crippen LogP contribution in [0.5, 0.6) is 0 Å². The number of nitrogens with one attached hydrogen (secondary N) is 3. The predicted molar refractivity (Wildman–Crippen MR) is 187 cm³/mol. The van der Waals surface area contributed by atoms with Crippen LogP contribution in [-0.4, -0.2) is 105 Å². The molecule has 2 atom stereocenters. The molecule has 1 aliphatic heterocycles. The Hall–Kier alpha value is -3.10. The van der Waals surface area contributed by atoms with E-state index in [9.17, 15) is 14.4 Å². The maximum atomic E-state index is 13.8. The van der Waals surface area contributed by atoms with E-state index in [1.807, 2.05) is 66.1 Å². The molecule has 2 heterocycles. The number of hydrogen-bond donors (Lipinski definition) is 3. The van der Waals surface area contributed by atoms with Crippen molar-refractivity contribution >= 4 is 29.2 Å². The molecule has 268 valence electrons. The summed E-state index contributed by atoms with van der Waals surface area (Å²) in [5.41, 5.74) is 4.08. The normalized spacial score (nSPS) is 15.7. The summed E-state index contributed by atoms with van der Waals surface area (Å²) >= 11 is 1.61. The Labute approximate surface area is 289 Å². The van der Waals surface area contributed by atoms with Crippen molar-refractivity contribution in [1.29, 1.82) is 0 Å². The van der Waals surface area contributed by atoms with Crippen LogP contribution in [0.15, 0.2) is 29.8 Å². The van der Waals surface area contributed by atoms with Crippen molar-refractivity contribution in [3.8, 4) is 10.4 Å². The number of ether oxygens (including phenoxy) is 4. The fraction of sp³-hybridized carbons (Fsp3) is 0.657. The second-order valence-electron chi connectivity index (χ2n) is 13.9. The number of aryl methyl sites for hydroxylation is 1. The zero-order chi connectivity index (χ0) is 35.2. The maximum absolute atomic E-state index is 13.8. The lowest BCUT2D eigenvalue weighted by Crippen LogP contribution is -2.57. The minimum absolute atomic E-state index is 0.0611. The van der Waals surface area contributed by atoms with Crippen molar-refractivity contribution in [2.24, 2.45) is 5.41 Å². The van der Waals surface area contributed by atoms with Crippen LogP contribution < -0.4 is 16.0 Å². The SMILES string of the molecule is Cc1ncsc1-c1ccc(CNC(=O)[C@@H]2CCCN2C(=O)C(NCCOCCOCCOCCNC(=O)OC(C)(C)C)C(C)(C)C)cc1. The minimum atomic E-state index is -0.530. The van der Waals surface area contributed by atoms with Crippen LogP contribution in [0.3, 0.4) is 0 Å². The largest absolute Gasteiger partial charge is 0.444 e. The Kier molecular flexibility index (Phi) is 15.7. The van der Waals surface area contributed by atoms with Gasteiger partial charge < -0.3 is 39.8 Å². The first-order valence-corrected chi connectivity index (χ1v) is 17.7. The summed E-state index contributed by atoms with van der Waals surface area (Å²) in [6, 6.07) is 7.20. The molecule has 1 saturated heterocycles. The van der Waals surface area contributed by atoms with Gasteiger partial charge in [0, 0.05) is 26.2 Å². The Morgan fingerprint density at radius 2 is 1.54 bits per heavy atom. The van der Waals surface area contributed by atoms with Gasteiger partial charge >= 0.3 is 6.09 Å². The maximum Gasteiger partial charge on any atom is 0.407 e. The van der Waals surface area contributed by atoms with Gasteiger partial charge in [0.05, 0.1) is 61.8 Å². The van der Waals surface area contributed by atoms with Crippen molar-refractivity contribution in [3.63, 3.8) is 0 Å². The second-order valence-corrected chi connectivity index (χ2v) is 14.7. The van der Waals surface area contributed by atoms with E-state index in [1.165, 1.54) is 0 Å². The fourth-order valence-electron chi connectivity index (χ4n) is 5.25. The second kappa shape index (κ2) is 19.2. The zero-order valence-electron chi connectivity index (χ0n) is 29.7. The molecule has 1 aromatic heterocycles. The summed E-state index contributed by atoms with van der Waals surface area (Å²) in [7, 11) is 0. The summed E-state index contributed by atoms with van der Waals surface area (Å²) in [5.74, 6) is -0.184.